The molecule has 0 radical (unpaired) electrons. The number of thiol groups is 1. The molecule has 1 saturated heterocycles. The van der Waals surface area contributed by atoms with Crippen LogP contribution in [0.5, 0.6) is 0 Å². The van der Waals surface area contributed by atoms with E-state index in [0.29, 0.717) is 5.91 Å². The minimum atomic E-state index is 0.260. The zero-order valence-electron chi connectivity index (χ0n) is 9.74. The summed E-state index contributed by atoms with van der Waals surface area (Å²) in [6, 6.07) is 0. The fourth-order valence-electron chi connectivity index (χ4n) is 2.12. The summed E-state index contributed by atoms with van der Waals surface area (Å²) in [6.45, 7) is 4.00. The van der Waals surface area contributed by atoms with Gasteiger partial charge >= 0.3 is 0 Å². The minimum Gasteiger partial charge on any atom is -0.342 e. The van der Waals surface area contributed by atoms with E-state index in [1.165, 1.54) is 25.7 Å². The van der Waals surface area contributed by atoms with Gasteiger partial charge in [-0.25, -0.2) is 0 Å². The van der Waals surface area contributed by atoms with E-state index in [0.717, 1.165) is 31.7 Å². The molecule has 0 aromatic heterocycles. The molecule has 0 N–H and O–H groups in total. The van der Waals surface area contributed by atoms with Gasteiger partial charge < -0.3 is 4.90 Å². The molecule has 0 aromatic carbocycles. The lowest BCUT2D eigenvalue weighted by atomic mass is 9.99. The van der Waals surface area contributed by atoms with Crippen LogP contribution < -0.4 is 0 Å². The van der Waals surface area contributed by atoms with Crippen molar-refractivity contribution < 1.29 is 4.79 Å². The van der Waals surface area contributed by atoms with Crippen molar-refractivity contribution in [1.82, 2.24) is 4.90 Å². The molecule has 15 heavy (non-hydrogen) atoms. The van der Waals surface area contributed by atoms with E-state index in [4.69, 9.17) is 0 Å². The fourth-order valence-corrected chi connectivity index (χ4v) is 2.35. The van der Waals surface area contributed by atoms with Crippen LogP contribution >= 0.6 is 12.6 Å². The van der Waals surface area contributed by atoms with Crippen LogP contribution in [-0.2, 0) is 4.79 Å². The summed E-state index contributed by atoms with van der Waals surface area (Å²) < 4.78 is 0. The van der Waals surface area contributed by atoms with E-state index in [1.807, 2.05) is 0 Å². The molecule has 1 unspecified atom stereocenters. The first-order valence-electron chi connectivity index (χ1n) is 6.15. The van der Waals surface area contributed by atoms with Gasteiger partial charge in [0, 0.05) is 19.0 Å². The number of carbonyl (C=O) groups is 1. The number of unbranched alkanes of at least 4 members (excludes halogenated alkanes) is 3. The number of nitrogens with zero attached hydrogens (tertiary/aromatic N) is 1. The highest BCUT2D eigenvalue weighted by molar-refractivity contribution is 7.80. The summed E-state index contributed by atoms with van der Waals surface area (Å²) in [6.07, 6.45) is 7.11. The molecule has 0 bridgehead atoms. The highest BCUT2D eigenvalue weighted by Crippen LogP contribution is 2.17. The van der Waals surface area contributed by atoms with E-state index >= 15 is 0 Å². The lowest BCUT2D eigenvalue weighted by molar-refractivity contribution is -0.137. The van der Waals surface area contributed by atoms with Crippen LogP contribution in [0.25, 0.3) is 0 Å². The number of amides is 1. The molecule has 3 heteroatoms. The Morgan fingerprint density at radius 2 is 2.07 bits per heavy atom. The van der Waals surface area contributed by atoms with Gasteiger partial charge in [0.2, 0.25) is 5.91 Å². The van der Waals surface area contributed by atoms with Crippen molar-refractivity contribution >= 4 is 18.5 Å². The number of piperidine rings is 1. The maximum absolute atomic E-state index is 11.8. The van der Waals surface area contributed by atoms with Gasteiger partial charge in [-0.3, -0.25) is 4.79 Å². The topological polar surface area (TPSA) is 20.3 Å². The Hall–Kier alpha value is -0.180. The van der Waals surface area contributed by atoms with Crippen LogP contribution in [0.4, 0.5) is 0 Å². The summed E-state index contributed by atoms with van der Waals surface area (Å²) in [4.78, 5) is 13.8. The first kappa shape index (κ1) is 12.9. The number of likely N-dealkylation sites (tertiary alicyclic amines) is 1. The van der Waals surface area contributed by atoms with Crippen LogP contribution in [0.15, 0.2) is 0 Å². The quantitative estimate of drug-likeness (QED) is 0.548. The molecule has 0 aromatic rings. The molecule has 0 saturated carbocycles. The molecule has 1 fully saturated rings. The Morgan fingerprint density at radius 1 is 1.33 bits per heavy atom. The largest absolute Gasteiger partial charge is 0.342 e. The lowest BCUT2D eigenvalue weighted by Gasteiger charge is -2.30. The third-order valence-corrected chi connectivity index (χ3v) is 3.45. The zero-order chi connectivity index (χ0) is 11.1. The van der Waals surface area contributed by atoms with E-state index < -0.39 is 0 Å². The van der Waals surface area contributed by atoms with Crippen LogP contribution in [-0.4, -0.2) is 29.6 Å². The second-order valence-electron chi connectivity index (χ2n) is 4.51. The third kappa shape index (κ3) is 4.45. The van der Waals surface area contributed by atoms with E-state index in [-0.39, 0.29) is 5.92 Å². The van der Waals surface area contributed by atoms with Gasteiger partial charge in [-0.2, -0.15) is 12.6 Å². The fraction of sp³-hybridized carbons (Fsp3) is 0.917. The van der Waals surface area contributed by atoms with Gasteiger partial charge in [-0.05, 0) is 31.4 Å². The Kier molecular flexibility index (Phi) is 6.15. The molecule has 0 spiro atoms. The van der Waals surface area contributed by atoms with Crippen molar-refractivity contribution in [3.8, 4) is 0 Å². The van der Waals surface area contributed by atoms with Crippen molar-refractivity contribution in [3.05, 3.63) is 0 Å². The molecule has 2 nitrogen and oxygen atoms in total. The number of hydrogen-bond donors (Lipinski definition) is 1. The zero-order valence-corrected chi connectivity index (χ0v) is 10.6. The molecule has 1 atom stereocenters. The van der Waals surface area contributed by atoms with E-state index in [2.05, 4.69) is 24.5 Å². The normalized spacial score (nSPS) is 22.1. The predicted octanol–water partition coefficient (Wildman–Crippen LogP) is 2.74. The molecule has 0 aliphatic carbocycles. The van der Waals surface area contributed by atoms with Gasteiger partial charge in [0.05, 0.1) is 0 Å². The van der Waals surface area contributed by atoms with Crippen molar-refractivity contribution in [2.75, 3.05) is 18.8 Å². The minimum absolute atomic E-state index is 0.260. The van der Waals surface area contributed by atoms with E-state index in [1.54, 1.807) is 0 Å². The molecule has 1 amide bonds. The van der Waals surface area contributed by atoms with Crippen LogP contribution in [0.3, 0.4) is 0 Å². The molecule has 1 aliphatic rings. The van der Waals surface area contributed by atoms with Gasteiger partial charge in [0.25, 0.3) is 0 Å². The third-order valence-electron chi connectivity index (χ3n) is 3.13. The molecular formula is C12H23NOS. The molecule has 1 rings (SSSR count). The molecule has 1 heterocycles. The van der Waals surface area contributed by atoms with Crippen LogP contribution in [0.2, 0.25) is 0 Å². The molecule has 1 aliphatic heterocycles. The summed E-state index contributed by atoms with van der Waals surface area (Å²) in [5.74, 6) is 1.62. The summed E-state index contributed by atoms with van der Waals surface area (Å²) in [5, 5.41) is 0. The van der Waals surface area contributed by atoms with Gasteiger partial charge in [-0.1, -0.05) is 19.8 Å². The van der Waals surface area contributed by atoms with Crippen LogP contribution in [0, 0.1) is 5.92 Å². The maximum Gasteiger partial charge on any atom is 0.225 e. The summed E-state index contributed by atoms with van der Waals surface area (Å²) >= 11 is 4.19. The standard InChI is InChI=1S/C12H23NOS/c1-11-7-6-9-13(12(11)14)8-4-2-3-5-10-15/h11,15H,2-10H2,1H3. The first-order valence-corrected chi connectivity index (χ1v) is 6.78. The van der Waals surface area contributed by atoms with Gasteiger partial charge in [0.1, 0.15) is 0 Å². The van der Waals surface area contributed by atoms with E-state index in [9.17, 15) is 4.79 Å². The number of carbonyl (C=O) groups excluding carboxylic acids is 1. The SMILES string of the molecule is CC1CCCN(CCCCCCS)C1=O. The second kappa shape index (κ2) is 7.15. The Bertz CT molecular complexity index is 196. The number of hydrogen-bond acceptors (Lipinski definition) is 2. The van der Waals surface area contributed by atoms with Crippen molar-refractivity contribution in [2.24, 2.45) is 5.92 Å². The molecular weight excluding hydrogens is 206 g/mol. The predicted molar refractivity (Wildman–Crippen MR) is 67.3 cm³/mol. The highest BCUT2D eigenvalue weighted by atomic mass is 32.1. The molecule has 88 valence electrons. The van der Waals surface area contributed by atoms with Crippen molar-refractivity contribution in [1.29, 1.82) is 0 Å². The average molecular weight is 229 g/mol. The Labute approximate surface area is 98.8 Å². The monoisotopic (exact) mass is 229 g/mol. The van der Waals surface area contributed by atoms with Crippen molar-refractivity contribution in [3.63, 3.8) is 0 Å². The van der Waals surface area contributed by atoms with Crippen molar-refractivity contribution in [2.45, 2.75) is 45.4 Å². The number of rotatable bonds is 6. The first-order chi connectivity index (χ1) is 7.25. The van der Waals surface area contributed by atoms with Crippen LogP contribution in [0.1, 0.15) is 45.4 Å². The van der Waals surface area contributed by atoms with Gasteiger partial charge in [-0.15, -0.1) is 0 Å². The van der Waals surface area contributed by atoms with Gasteiger partial charge in [0.15, 0.2) is 0 Å². The maximum atomic E-state index is 11.8. The summed E-state index contributed by atoms with van der Waals surface area (Å²) in [5.41, 5.74) is 0. The highest BCUT2D eigenvalue weighted by Gasteiger charge is 2.24. The smallest absolute Gasteiger partial charge is 0.225 e. The Balaban J connectivity index is 2.12. The second-order valence-corrected chi connectivity index (χ2v) is 4.95. The average Bonchev–Trinajstić information content (AvgIpc) is 2.24. The summed E-state index contributed by atoms with van der Waals surface area (Å²) in [7, 11) is 0. The lowest BCUT2D eigenvalue weighted by Crippen LogP contribution is -2.40. The Morgan fingerprint density at radius 3 is 2.80 bits per heavy atom.